The van der Waals surface area contributed by atoms with Gasteiger partial charge >= 0.3 is 0 Å². The summed E-state index contributed by atoms with van der Waals surface area (Å²) in [5.41, 5.74) is 0.542. The van der Waals surface area contributed by atoms with E-state index >= 15 is 0 Å². The van der Waals surface area contributed by atoms with Crippen LogP contribution < -0.4 is 9.47 Å². The van der Waals surface area contributed by atoms with Gasteiger partial charge in [-0.15, -0.1) is 0 Å². The van der Waals surface area contributed by atoms with Gasteiger partial charge in [-0.2, -0.15) is 0 Å². The zero-order valence-corrected chi connectivity index (χ0v) is 14.1. The molecule has 1 fully saturated rings. The van der Waals surface area contributed by atoms with Gasteiger partial charge in [-0.05, 0) is 19.1 Å². The van der Waals surface area contributed by atoms with Crippen LogP contribution in [-0.2, 0) is 4.74 Å². The number of nitrogens with zero attached hydrogens (tertiary/aromatic N) is 1. The van der Waals surface area contributed by atoms with Crippen LogP contribution in [0, 0.1) is 0 Å². The summed E-state index contributed by atoms with van der Waals surface area (Å²) in [6, 6.07) is 5.27. The second kappa shape index (κ2) is 7.13. The van der Waals surface area contributed by atoms with Crippen LogP contribution in [0.4, 0.5) is 0 Å². The fourth-order valence-electron chi connectivity index (χ4n) is 2.32. The lowest BCUT2D eigenvalue weighted by molar-refractivity contribution is -0.0362. The minimum Gasteiger partial charge on any atom is -0.497 e. The van der Waals surface area contributed by atoms with Crippen molar-refractivity contribution in [3.8, 4) is 11.5 Å². The monoisotopic (exact) mass is 357 g/mol. The molecule has 0 aliphatic carbocycles. The van der Waals surface area contributed by atoms with Crippen molar-refractivity contribution in [1.29, 1.82) is 0 Å². The van der Waals surface area contributed by atoms with E-state index < -0.39 is 0 Å². The maximum Gasteiger partial charge on any atom is 0.258 e. The number of halogens is 1. The van der Waals surface area contributed by atoms with Gasteiger partial charge in [0, 0.05) is 17.9 Å². The van der Waals surface area contributed by atoms with E-state index in [4.69, 9.17) is 14.2 Å². The highest BCUT2D eigenvalue weighted by Gasteiger charge is 2.31. The highest BCUT2D eigenvalue weighted by Crippen LogP contribution is 2.27. The molecule has 2 unspecified atom stereocenters. The standard InChI is InChI=1S/C15H20BrNO4/c1-10-9-21-12(7-16)8-17(10)15(18)13-5-4-11(19-2)6-14(13)20-3/h4-6,10,12H,7-9H2,1-3H3. The molecule has 2 rings (SSSR count). The molecule has 0 radical (unpaired) electrons. The summed E-state index contributed by atoms with van der Waals surface area (Å²) in [6.45, 7) is 3.10. The second-order valence-electron chi connectivity index (χ2n) is 4.98. The van der Waals surface area contributed by atoms with Crippen LogP contribution in [0.2, 0.25) is 0 Å². The Morgan fingerprint density at radius 1 is 1.43 bits per heavy atom. The van der Waals surface area contributed by atoms with Crippen molar-refractivity contribution in [3.63, 3.8) is 0 Å². The molecule has 0 bridgehead atoms. The minimum absolute atomic E-state index is 0.0226. The van der Waals surface area contributed by atoms with Crippen LogP contribution in [0.5, 0.6) is 11.5 Å². The van der Waals surface area contributed by atoms with Crippen molar-refractivity contribution >= 4 is 21.8 Å². The summed E-state index contributed by atoms with van der Waals surface area (Å²) in [4.78, 5) is 14.6. The number of morpholine rings is 1. The summed E-state index contributed by atoms with van der Waals surface area (Å²) in [5.74, 6) is 1.14. The van der Waals surface area contributed by atoms with Crippen LogP contribution in [0.3, 0.4) is 0 Å². The van der Waals surface area contributed by atoms with E-state index in [1.54, 1.807) is 32.4 Å². The number of carbonyl (C=O) groups is 1. The summed E-state index contributed by atoms with van der Waals surface area (Å²) in [5, 5.41) is 0.712. The first-order valence-corrected chi connectivity index (χ1v) is 7.93. The second-order valence-corrected chi connectivity index (χ2v) is 5.63. The number of methoxy groups -OCH3 is 2. The van der Waals surface area contributed by atoms with E-state index in [9.17, 15) is 4.79 Å². The van der Waals surface area contributed by atoms with Crippen LogP contribution in [-0.4, -0.2) is 55.7 Å². The fraction of sp³-hybridized carbons (Fsp3) is 0.533. The highest BCUT2D eigenvalue weighted by atomic mass is 79.9. The van der Waals surface area contributed by atoms with E-state index in [0.717, 1.165) is 0 Å². The molecular formula is C15H20BrNO4. The average Bonchev–Trinajstić information content (AvgIpc) is 2.54. The lowest BCUT2D eigenvalue weighted by Crippen LogP contribution is -2.51. The van der Waals surface area contributed by atoms with Gasteiger partial charge < -0.3 is 19.1 Å². The Morgan fingerprint density at radius 3 is 2.81 bits per heavy atom. The number of hydrogen-bond donors (Lipinski definition) is 0. The fourth-order valence-corrected chi connectivity index (χ4v) is 2.72. The third-order valence-corrected chi connectivity index (χ3v) is 4.30. The molecule has 1 aromatic carbocycles. The molecule has 116 valence electrons. The predicted octanol–water partition coefficient (Wildman–Crippen LogP) is 2.33. The smallest absolute Gasteiger partial charge is 0.258 e. The molecule has 6 heteroatoms. The summed E-state index contributed by atoms with van der Waals surface area (Å²) in [7, 11) is 3.14. The Morgan fingerprint density at radius 2 is 2.19 bits per heavy atom. The van der Waals surface area contributed by atoms with Gasteiger partial charge in [0.05, 0.1) is 38.5 Å². The highest BCUT2D eigenvalue weighted by molar-refractivity contribution is 9.09. The van der Waals surface area contributed by atoms with Gasteiger partial charge in [0.25, 0.3) is 5.91 Å². The molecule has 0 saturated carbocycles. The molecule has 21 heavy (non-hydrogen) atoms. The number of alkyl halides is 1. The first kappa shape index (κ1) is 16.1. The van der Waals surface area contributed by atoms with E-state index in [0.29, 0.717) is 35.5 Å². The maximum absolute atomic E-state index is 12.8. The lowest BCUT2D eigenvalue weighted by atomic mass is 10.1. The van der Waals surface area contributed by atoms with Crippen molar-refractivity contribution in [2.75, 3.05) is 32.7 Å². The molecule has 1 saturated heterocycles. The Kier molecular flexibility index (Phi) is 5.47. The minimum atomic E-state index is -0.0451. The zero-order valence-electron chi connectivity index (χ0n) is 12.5. The SMILES string of the molecule is COc1ccc(C(=O)N2CC(CBr)OCC2C)c(OC)c1. The van der Waals surface area contributed by atoms with Gasteiger partial charge in [-0.25, -0.2) is 0 Å². The van der Waals surface area contributed by atoms with Crippen molar-refractivity contribution in [1.82, 2.24) is 4.90 Å². The molecule has 1 aliphatic heterocycles. The van der Waals surface area contributed by atoms with Gasteiger partial charge in [-0.1, -0.05) is 15.9 Å². The molecule has 1 heterocycles. The van der Waals surface area contributed by atoms with Gasteiger partial charge in [0.1, 0.15) is 11.5 Å². The molecule has 2 atom stereocenters. The summed E-state index contributed by atoms with van der Waals surface area (Å²) in [6.07, 6.45) is 0.0226. The third kappa shape index (κ3) is 3.49. The van der Waals surface area contributed by atoms with Crippen molar-refractivity contribution in [3.05, 3.63) is 23.8 Å². The average molecular weight is 358 g/mol. The number of ether oxygens (including phenoxy) is 3. The van der Waals surface area contributed by atoms with Gasteiger partial charge in [0.2, 0.25) is 0 Å². The molecule has 1 aliphatic rings. The number of amides is 1. The normalized spacial score (nSPS) is 22.0. The van der Waals surface area contributed by atoms with Crippen LogP contribution in [0.1, 0.15) is 17.3 Å². The van der Waals surface area contributed by atoms with Crippen molar-refractivity contribution < 1.29 is 19.0 Å². The third-order valence-electron chi connectivity index (χ3n) is 3.58. The predicted molar refractivity (Wildman–Crippen MR) is 83.6 cm³/mol. The van der Waals surface area contributed by atoms with Crippen LogP contribution in [0.15, 0.2) is 18.2 Å². The molecule has 1 amide bonds. The molecule has 5 nitrogen and oxygen atoms in total. The number of hydrogen-bond acceptors (Lipinski definition) is 4. The number of benzene rings is 1. The Labute approximate surface area is 133 Å². The van der Waals surface area contributed by atoms with Gasteiger partial charge in [0.15, 0.2) is 0 Å². The first-order valence-electron chi connectivity index (χ1n) is 6.81. The van der Waals surface area contributed by atoms with Crippen LogP contribution in [0.25, 0.3) is 0 Å². The van der Waals surface area contributed by atoms with Crippen LogP contribution >= 0.6 is 15.9 Å². The van der Waals surface area contributed by atoms with E-state index in [-0.39, 0.29) is 18.1 Å². The Bertz CT molecular complexity index is 508. The topological polar surface area (TPSA) is 48.0 Å². The molecule has 0 aromatic heterocycles. The Balaban J connectivity index is 2.26. The largest absolute Gasteiger partial charge is 0.497 e. The van der Waals surface area contributed by atoms with Gasteiger partial charge in [-0.3, -0.25) is 4.79 Å². The van der Waals surface area contributed by atoms with Crippen molar-refractivity contribution in [2.24, 2.45) is 0 Å². The van der Waals surface area contributed by atoms with Crippen molar-refractivity contribution in [2.45, 2.75) is 19.1 Å². The summed E-state index contributed by atoms with van der Waals surface area (Å²) < 4.78 is 16.1. The quantitative estimate of drug-likeness (QED) is 0.776. The Hall–Kier alpha value is -1.27. The zero-order chi connectivity index (χ0) is 15.4. The molecule has 0 N–H and O–H groups in total. The first-order chi connectivity index (χ1) is 10.1. The lowest BCUT2D eigenvalue weighted by Gasteiger charge is -2.37. The van der Waals surface area contributed by atoms with E-state index in [1.807, 2.05) is 11.8 Å². The van der Waals surface area contributed by atoms with E-state index in [1.165, 1.54) is 0 Å². The molecule has 1 aromatic rings. The summed E-state index contributed by atoms with van der Waals surface area (Å²) >= 11 is 3.41. The number of rotatable bonds is 4. The molecular weight excluding hydrogens is 338 g/mol. The van der Waals surface area contributed by atoms with E-state index in [2.05, 4.69) is 15.9 Å². The number of carbonyl (C=O) groups excluding carboxylic acids is 1. The maximum atomic E-state index is 12.8. The molecule has 0 spiro atoms.